The second kappa shape index (κ2) is 7.24. The van der Waals surface area contributed by atoms with Crippen LogP contribution < -0.4 is 0 Å². The molecule has 4 nitrogen and oxygen atoms in total. The maximum absolute atomic E-state index is 13.3. The van der Waals surface area contributed by atoms with Crippen LogP contribution in [-0.4, -0.2) is 15.0 Å². The molecule has 0 amide bonds. The molecule has 0 radical (unpaired) electrons. The van der Waals surface area contributed by atoms with Gasteiger partial charge in [-0.05, 0) is 61.0 Å². The molecule has 2 aromatic heterocycles. The van der Waals surface area contributed by atoms with E-state index in [2.05, 4.69) is 5.10 Å². The van der Waals surface area contributed by atoms with Crippen LogP contribution >= 0.6 is 34.8 Å². The summed E-state index contributed by atoms with van der Waals surface area (Å²) in [6.07, 6.45) is 0. The van der Waals surface area contributed by atoms with Gasteiger partial charge in [0.15, 0.2) is 0 Å². The van der Waals surface area contributed by atoms with E-state index in [1.807, 2.05) is 6.92 Å². The Bertz CT molecular complexity index is 1230. The van der Waals surface area contributed by atoms with Gasteiger partial charge in [0.1, 0.15) is 22.9 Å². The molecule has 0 saturated heterocycles. The number of hydrogen-bond donors (Lipinski definition) is 0. The molecule has 0 aliphatic heterocycles. The van der Waals surface area contributed by atoms with E-state index in [4.69, 9.17) is 39.2 Å². The molecule has 0 aliphatic rings. The fourth-order valence-electron chi connectivity index (χ4n) is 3.05. The molecule has 0 atom stereocenters. The molecule has 0 aliphatic carbocycles. The summed E-state index contributed by atoms with van der Waals surface area (Å²) >= 11 is 17.9. The Kier molecular flexibility index (Phi) is 4.91. The van der Waals surface area contributed by atoms with Crippen LogP contribution in [0.1, 0.15) is 21.7 Å². The number of nitrogens with zero attached hydrogens (tertiary/aromatic N) is 2. The van der Waals surface area contributed by atoms with Crippen LogP contribution in [0.15, 0.2) is 46.9 Å². The van der Waals surface area contributed by atoms with Crippen molar-refractivity contribution in [3.05, 3.63) is 75.3 Å². The van der Waals surface area contributed by atoms with E-state index in [1.54, 1.807) is 35.0 Å². The molecule has 2 heterocycles. The Morgan fingerprint density at radius 1 is 1.18 bits per heavy atom. The van der Waals surface area contributed by atoms with Gasteiger partial charge in [0.05, 0.1) is 11.6 Å². The third kappa shape index (κ3) is 3.53. The van der Waals surface area contributed by atoms with Gasteiger partial charge in [-0.3, -0.25) is 9.48 Å². The van der Waals surface area contributed by atoms with Crippen LogP contribution in [0, 0.1) is 12.7 Å². The Balaban J connectivity index is 1.81. The van der Waals surface area contributed by atoms with Gasteiger partial charge in [-0.1, -0.05) is 23.2 Å². The lowest BCUT2D eigenvalue weighted by atomic mass is 10.1. The smallest absolute Gasteiger partial charge is 0.272 e. The molecule has 28 heavy (non-hydrogen) atoms. The molecule has 2 aromatic carbocycles. The molecule has 142 valence electrons. The van der Waals surface area contributed by atoms with Crippen molar-refractivity contribution in [3.8, 4) is 11.3 Å². The first-order chi connectivity index (χ1) is 13.3. The number of carbonyl (C=O) groups excluding carboxylic acids is 1. The predicted molar refractivity (Wildman–Crippen MR) is 108 cm³/mol. The van der Waals surface area contributed by atoms with Gasteiger partial charge in [0, 0.05) is 27.2 Å². The lowest BCUT2D eigenvalue weighted by Gasteiger charge is -2.06. The van der Waals surface area contributed by atoms with Gasteiger partial charge in [-0.25, -0.2) is 4.39 Å². The summed E-state index contributed by atoms with van der Waals surface area (Å²) in [6, 6.07) is 11.1. The second-order valence-corrected chi connectivity index (χ2v) is 7.51. The number of aryl methyl sites for hydroxylation is 1. The minimum atomic E-state index is -0.621. The highest BCUT2D eigenvalue weighted by atomic mass is 35.5. The van der Waals surface area contributed by atoms with E-state index in [1.165, 1.54) is 12.1 Å². The van der Waals surface area contributed by atoms with Crippen LogP contribution in [0.5, 0.6) is 0 Å². The Morgan fingerprint density at radius 2 is 1.96 bits per heavy atom. The maximum Gasteiger partial charge on any atom is 0.272 e. The lowest BCUT2D eigenvalue weighted by molar-refractivity contribution is 0.107. The zero-order chi connectivity index (χ0) is 20.0. The van der Waals surface area contributed by atoms with E-state index in [0.29, 0.717) is 28.5 Å². The van der Waals surface area contributed by atoms with Crippen molar-refractivity contribution in [2.24, 2.45) is 0 Å². The summed E-state index contributed by atoms with van der Waals surface area (Å²) in [4.78, 5) is 11.4. The third-order valence-corrected chi connectivity index (χ3v) is 5.08. The Hall–Kier alpha value is -2.34. The monoisotopic (exact) mass is 436 g/mol. The van der Waals surface area contributed by atoms with Gasteiger partial charge < -0.3 is 4.42 Å². The molecule has 0 bridgehead atoms. The van der Waals surface area contributed by atoms with Crippen molar-refractivity contribution in [2.45, 2.75) is 13.5 Å². The van der Waals surface area contributed by atoms with Crippen LogP contribution in [0.3, 0.4) is 0 Å². The molecule has 0 unspecified atom stereocenters. The van der Waals surface area contributed by atoms with E-state index in [0.717, 1.165) is 16.6 Å². The zero-order valence-corrected chi connectivity index (χ0v) is 16.7. The van der Waals surface area contributed by atoms with Crippen molar-refractivity contribution >= 4 is 51.0 Å². The van der Waals surface area contributed by atoms with Crippen LogP contribution in [0.25, 0.3) is 22.3 Å². The van der Waals surface area contributed by atoms with Gasteiger partial charge >= 0.3 is 0 Å². The van der Waals surface area contributed by atoms with Gasteiger partial charge in [-0.15, -0.1) is 0 Å². The first-order valence-electron chi connectivity index (χ1n) is 8.23. The van der Waals surface area contributed by atoms with Crippen LogP contribution in [0.2, 0.25) is 10.0 Å². The number of halogens is 4. The summed E-state index contributed by atoms with van der Waals surface area (Å²) in [5, 5.41) is 5.15. The van der Waals surface area contributed by atoms with Crippen molar-refractivity contribution in [1.82, 2.24) is 9.78 Å². The fraction of sp³-hybridized carbons (Fsp3) is 0.100. The third-order valence-electron chi connectivity index (χ3n) is 4.36. The van der Waals surface area contributed by atoms with Crippen molar-refractivity contribution in [1.29, 1.82) is 0 Å². The van der Waals surface area contributed by atoms with Crippen LogP contribution in [0.4, 0.5) is 4.39 Å². The molecule has 0 fully saturated rings. The van der Waals surface area contributed by atoms with Crippen molar-refractivity contribution in [3.63, 3.8) is 0 Å². The summed E-state index contributed by atoms with van der Waals surface area (Å²) in [6.45, 7) is 2.15. The molecular formula is C20H12Cl3FN2O2. The number of aromatic nitrogens is 2. The minimum absolute atomic E-state index is 0.177. The molecule has 0 saturated carbocycles. The largest absolute Gasteiger partial charge is 0.456 e. The quantitative estimate of drug-likeness (QED) is 0.343. The molecule has 4 rings (SSSR count). The maximum atomic E-state index is 13.3. The molecular weight excluding hydrogens is 426 g/mol. The molecule has 4 aromatic rings. The average molecular weight is 438 g/mol. The second-order valence-electron chi connectivity index (χ2n) is 6.32. The molecule has 8 heteroatoms. The molecule has 0 spiro atoms. The first-order valence-corrected chi connectivity index (χ1v) is 9.37. The van der Waals surface area contributed by atoms with E-state index in [-0.39, 0.29) is 10.7 Å². The highest BCUT2D eigenvalue weighted by molar-refractivity contribution is 6.67. The number of carbonyl (C=O) groups is 1. The van der Waals surface area contributed by atoms with Crippen LogP contribution in [-0.2, 0) is 6.54 Å². The van der Waals surface area contributed by atoms with E-state index >= 15 is 0 Å². The molecule has 0 N–H and O–H groups in total. The first kappa shape index (κ1) is 19.0. The van der Waals surface area contributed by atoms with Crippen molar-refractivity contribution in [2.75, 3.05) is 0 Å². The fourth-order valence-corrected chi connectivity index (χ4v) is 3.65. The number of hydrogen-bond acceptors (Lipinski definition) is 3. The summed E-state index contributed by atoms with van der Waals surface area (Å²) in [7, 11) is 0. The normalized spacial score (nSPS) is 11.3. The summed E-state index contributed by atoms with van der Waals surface area (Å²) in [5.41, 5.74) is 2.90. The van der Waals surface area contributed by atoms with E-state index in [9.17, 15) is 9.18 Å². The lowest BCUT2D eigenvalue weighted by Crippen LogP contribution is -2.05. The van der Waals surface area contributed by atoms with Gasteiger partial charge in [0.25, 0.3) is 5.24 Å². The summed E-state index contributed by atoms with van der Waals surface area (Å²) < 4.78 is 21.0. The predicted octanol–water partition coefficient (Wildman–Crippen LogP) is 6.48. The van der Waals surface area contributed by atoms with E-state index < -0.39 is 11.1 Å². The number of fused-ring (bicyclic) bond motifs is 1. The zero-order valence-electron chi connectivity index (χ0n) is 14.5. The van der Waals surface area contributed by atoms with Gasteiger partial charge in [-0.2, -0.15) is 5.10 Å². The number of rotatable bonds is 4. The number of benzene rings is 2. The highest BCUT2D eigenvalue weighted by Gasteiger charge is 2.16. The highest BCUT2D eigenvalue weighted by Crippen LogP contribution is 2.36. The Labute approximate surface area is 174 Å². The van der Waals surface area contributed by atoms with Gasteiger partial charge in [0.2, 0.25) is 0 Å². The topological polar surface area (TPSA) is 48.0 Å². The Morgan fingerprint density at radius 3 is 2.64 bits per heavy atom. The minimum Gasteiger partial charge on any atom is -0.456 e. The number of furan rings is 1. The summed E-state index contributed by atoms with van der Waals surface area (Å²) in [5.74, 6) is 0.0738. The average Bonchev–Trinajstić information content (AvgIpc) is 3.19. The van der Waals surface area contributed by atoms with Crippen molar-refractivity contribution < 1.29 is 13.6 Å². The standard InChI is InChI=1S/C20H12Cl3FN2O2/c1-10-4-17(20(23)27)25-26(10)9-12-6-13(21)5-11-7-18(28-19(11)12)15-3-2-14(24)8-16(15)22/h2-8H,9H2,1H3. The SMILES string of the molecule is Cc1cc(C(=O)Cl)nn1Cc1cc(Cl)cc2cc(-c3ccc(F)cc3Cl)oc12.